The van der Waals surface area contributed by atoms with Crippen LogP contribution in [0, 0.1) is 11.8 Å². The summed E-state index contributed by atoms with van der Waals surface area (Å²) in [7, 11) is 1.69. The number of esters is 1. The topological polar surface area (TPSA) is 85.8 Å². The summed E-state index contributed by atoms with van der Waals surface area (Å²) in [5.74, 6) is 3.00. The van der Waals surface area contributed by atoms with Gasteiger partial charge in [-0.05, 0) is 99.4 Å². The van der Waals surface area contributed by atoms with Crippen LogP contribution < -0.4 is 19.7 Å². The van der Waals surface area contributed by atoms with Gasteiger partial charge in [-0.2, -0.15) is 0 Å². The third-order valence-corrected chi connectivity index (χ3v) is 8.37. The Morgan fingerprint density at radius 1 is 1.08 bits per heavy atom. The van der Waals surface area contributed by atoms with Gasteiger partial charge in [0, 0.05) is 43.3 Å². The highest BCUT2D eigenvalue weighted by atomic mass is 35.5. The number of methoxy groups -OCH3 is 1. The van der Waals surface area contributed by atoms with Gasteiger partial charge in [-0.25, -0.2) is 9.97 Å². The van der Waals surface area contributed by atoms with E-state index >= 15 is 0 Å². The lowest BCUT2D eigenvalue weighted by Crippen LogP contribution is -2.37. The highest BCUT2D eigenvalue weighted by molar-refractivity contribution is 5.85. The molecule has 1 unspecified atom stereocenters. The molecule has 0 radical (unpaired) electrons. The molecule has 0 aromatic carbocycles. The number of nitrogens with one attached hydrogen (secondary N) is 1. The number of anilines is 1. The second-order valence-electron chi connectivity index (χ2n) is 10.9. The molecule has 39 heavy (non-hydrogen) atoms. The molecule has 4 heterocycles. The van der Waals surface area contributed by atoms with E-state index in [1.54, 1.807) is 7.11 Å². The van der Waals surface area contributed by atoms with Crippen molar-refractivity contribution in [1.29, 1.82) is 0 Å². The third kappa shape index (κ3) is 7.76. The normalized spacial score (nSPS) is 19.2. The summed E-state index contributed by atoms with van der Waals surface area (Å²) in [6.07, 6.45) is 11.1. The lowest BCUT2D eigenvalue weighted by atomic mass is 9.89. The largest absolute Gasteiger partial charge is 0.481 e. The van der Waals surface area contributed by atoms with E-state index in [1.165, 1.54) is 24.1 Å². The van der Waals surface area contributed by atoms with Gasteiger partial charge < -0.3 is 24.4 Å². The second-order valence-corrected chi connectivity index (χ2v) is 10.9. The van der Waals surface area contributed by atoms with E-state index in [1.807, 2.05) is 31.5 Å². The lowest BCUT2D eigenvalue weighted by Gasteiger charge is -2.36. The van der Waals surface area contributed by atoms with Crippen LogP contribution in [-0.2, 0) is 9.53 Å². The molecule has 5 rings (SSSR count). The van der Waals surface area contributed by atoms with Crippen LogP contribution in [0.5, 0.6) is 11.8 Å². The summed E-state index contributed by atoms with van der Waals surface area (Å²) in [5.41, 5.74) is 3.78. The van der Waals surface area contributed by atoms with Gasteiger partial charge in [0.05, 0.1) is 26.7 Å². The predicted molar refractivity (Wildman–Crippen MR) is 154 cm³/mol. The van der Waals surface area contributed by atoms with E-state index in [2.05, 4.69) is 26.3 Å². The number of pyridine rings is 2. The van der Waals surface area contributed by atoms with Crippen LogP contribution in [0.2, 0.25) is 0 Å². The lowest BCUT2D eigenvalue weighted by molar-refractivity contribution is -0.143. The summed E-state index contributed by atoms with van der Waals surface area (Å²) < 4.78 is 16.9. The van der Waals surface area contributed by atoms with Crippen molar-refractivity contribution in [3.8, 4) is 11.8 Å². The first-order valence-corrected chi connectivity index (χ1v) is 14.4. The number of halogens is 1. The average Bonchev–Trinajstić information content (AvgIpc) is 3.81. The molecule has 2 saturated heterocycles. The van der Waals surface area contributed by atoms with Gasteiger partial charge in [-0.15, -0.1) is 12.4 Å². The van der Waals surface area contributed by atoms with E-state index < -0.39 is 0 Å². The Morgan fingerprint density at radius 2 is 1.85 bits per heavy atom. The molecular formula is C30H43ClN4O4. The monoisotopic (exact) mass is 558 g/mol. The van der Waals surface area contributed by atoms with Gasteiger partial charge in [0.25, 0.3) is 0 Å². The molecule has 0 spiro atoms. The average molecular weight is 559 g/mol. The van der Waals surface area contributed by atoms with Gasteiger partial charge in [-0.3, -0.25) is 4.79 Å². The second kappa shape index (κ2) is 14.2. The molecule has 9 heteroatoms. The minimum Gasteiger partial charge on any atom is -0.481 e. The van der Waals surface area contributed by atoms with Crippen molar-refractivity contribution in [2.24, 2.45) is 11.8 Å². The van der Waals surface area contributed by atoms with E-state index in [0.717, 1.165) is 57.4 Å². The number of carbonyl (C=O) groups excluding carboxylic acids is 1. The van der Waals surface area contributed by atoms with Crippen LogP contribution in [0.15, 0.2) is 30.6 Å². The Morgan fingerprint density at radius 3 is 2.54 bits per heavy atom. The number of ether oxygens (including phenoxy) is 3. The van der Waals surface area contributed by atoms with Gasteiger partial charge >= 0.3 is 5.97 Å². The Labute approximate surface area is 238 Å². The number of hydrogen-bond acceptors (Lipinski definition) is 8. The van der Waals surface area contributed by atoms with Crippen LogP contribution in [-0.4, -0.2) is 62.4 Å². The maximum atomic E-state index is 12.2. The molecule has 0 bridgehead atoms. The molecule has 3 fully saturated rings. The fourth-order valence-electron chi connectivity index (χ4n) is 6.00. The van der Waals surface area contributed by atoms with Crippen molar-refractivity contribution >= 4 is 24.1 Å². The summed E-state index contributed by atoms with van der Waals surface area (Å²) in [6.45, 7) is 7.06. The number of nitrogens with zero attached hydrogens (tertiary/aromatic N) is 3. The summed E-state index contributed by atoms with van der Waals surface area (Å²) in [5, 5.41) is 3.47. The number of carbonyl (C=O) groups is 1. The van der Waals surface area contributed by atoms with Crippen molar-refractivity contribution in [2.45, 2.75) is 63.7 Å². The molecule has 1 aliphatic carbocycles. The fraction of sp³-hybridized carbons (Fsp3) is 0.633. The van der Waals surface area contributed by atoms with Crippen molar-refractivity contribution in [3.63, 3.8) is 0 Å². The van der Waals surface area contributed by atoms with Gasteiger partial charge in [0.15, 0.2) is 0 Å². The number of hydrogen-bond donors (Lipinski definition) is 1. The SMILES string of the molecule is CCOC(=O)CC(c1ccnc(OCC2CCN(c3cc(OC)ncc3C3CCNCC3)CC2)c1)C1CC1.Cl. The van der Waals surface area contributed by atoms with Gasteiger partial charge in [0.2, 0.25) is 11.8 Å². The maximum absolute atomic E-state index is 12.2. The minimum atomic E-state index is -0.120. The predicted octanol–water partition coefficient (Wildman–Crippen LogP) is 5.12. The van der Waals surface area contributed by atoms with Crippen molar-refractivity contribution in [3.05, 3.63) is 41.7 Å². The summed E-state index contributed by atoms with van der Waals surface area (Å²) in [6, 6.07) is 6.18. The Bertz CT molecular complexity index is 1070. The Balaban J connectivity index is 0.00000353. The summed E-state index contributed by atoms with van der Waals surface area (Å²) >= 11 is 0. The highest BCUT2D eigenvalue weighted by Gasteiger charge is 2.34. The zero-order valence-corrected chi connectivity index (χ0v) is 24.1. The minimum absolute atomic E-state index is 0. The van der Waals surface area contributed by atoms with Crippen LogP contribution in [0.1, 0.15) is 74.8 Å². The van der Waals surface area contributed by atoms with Crippen molar-refractivity contribution in [1.82, 2.24) is 15.3 Å². The number of rotatable bonds is 11. The van der Waals surface area contributed by atoms with Crippen LogP contribution in [0.4, 0.5) is 5.69 Å². The molecule has 2 aliphatic heterocycles. The molecule has 0 amide bonds. The zero-order chi connectivity index (χ0) is 26.3. The molecule has 8 nitrogen and oxygen atoms in total. The van der Waals surface area contributed by atoms with Crippen LogP contribution >= 0.6 is 12.4 Å². The van der Waals surface area contributed by atoms with E-state index in [0.29, 0.717) is 49.1 Å². The Hall–Kier alpha value is -2.58. The molecule has 1 atom stereocenters. The molecule has 3 aliphatic rings. The molecule has 1 saturated carbocycles. The smallest absolute Gasteiger partial charge is 0.306 e. The van der Waals surface area contributed by atoms with E-state index in [-0.39, 0.29) is 24.3 Å². The summed E-state index contributed by atoms with van der Waals surface area (Å²) in [4.78, 5) is 23.7. The molecule has 2 aromatic rings. The molecule has 1 N–H and O–H groups in total. The molecule has 214 valence electrons. The van der Waals surface area contributed by atoms with Crippen LogP contribution in [0.25, 0.3) is 0 Å². The zero-order valence-electron chi connectivity index (χ0n) is 23.3. The Kier molecular flexibility index (Phi) is 10.7. The first kappa shape index (κ1) is 29.4. The van der Waals surface area contributed by atoms with E-state index in [4.69, 9.17) is 14.2 Å². The number of aromatic nitrogens is 2. The maximum Gasteiger partial charge on any atom is 0.306 e. The van der Waals surface area contributed by atoms with Crippen molar-refractivity contribution < 1.29 is 19.0 Å². The standard InChI is InChI=1S/C30H42N4O4.ClH/c1-3-37-30(35)17-25(22-4-5-22)24-8-13-32-29(16-24)38-20-21-9-14-34(15-10-21)27-18-28(36-2)33-19-26(27)23-6-11-31-12-7-23;/h8,13,16,18-19,21-23,25,31H,3-7,9-12,14-15,17,20H2,1-2H3;1H. The third-order valence-electron chi connectivity index (χ3n) is 8.37. The first-order chi connectivity index (χ1) is 18.6. The molecule has 2 aromatic heterocycles. The van der Waals surface area contributed by atoms with Crippen molar-refractivity contribution in [2.75, 3.05) is 51.4 Å². The van der Waals surface area contributed by atoms with Gasteiger partial charge in [-0.1, -0.05) is 0 Å². The fourth-order valence-corrected chi connectivity index (χ4v) is 6.00. The first-order valence-electron chi connectivity index (χ1n) is 14.4. The number of piperidine rings is 2. The van der Waals surface area contributed by atoms with Crippen LogP contribution in [0.3, 0.4) is 0 Å². The van der Waals surface area contributed by atoms with Gasteiger partial charge in [0.1, 0.15) is 0 Å². The van der Waals surface area contributed by atoms with E-state index in [9.17, 15) is 4.79 Å². The molecular weight excluding hydrogens is 516 g/mol. The quantitative estimate of drug-likeness (QED) is 0.381. The highest BCUT2D eigenvalue weighted by Crippen LogP contribution is 2.45.